The van der Waals surface area contributed by atoms with Crippen LogP contribution < -0.4 is 5.32 Å². The molecule has 0 saturated heterocycles. The minimum absolute atomic E-state index is 0.324. The summed E-state index contributed by atoms with van der Waals surface area (Å²) in [6, 6.07) is 0.324. The number of hydrogen-bond donors (Lipinski definition) is 1. The zero-order valence-corrected chi connectivity index (χ0v) is 13.9. The van der Waals surface area contributed by atoms with Crippen LogP contribution in [0.1, 0.15) is 51.1 Å². The van der Waals surface area contributed by atoms with Crippen molar-refractivity contribution in [3.8, 4) is 0 Å². The Labute approximate surface area is 131 Å². The first kappa shape index (κ1) is 14.0. The Kier molecular flexibility index (Phi) is 3.49. The summed E-state index contributed by atoms with van der Waals surface area (Å²) >= 11 is 1.77. The van der Waals surface area contributed by atoms with Crippen molar-refractivity contribution in [2.24, 2.45) is 17.8 Å². The monoisotopic (exact) mass is 306 g/mol. The van der Waals surface area contributed by atoms with Gasteiger partial charge in [-0.1, -0.05) is 0 Å². The fourth-order valence-corrected chi connectivity index (χ4v) is 6.46. The van der Waals surface area contributed by atoms with Crippen molar-refractivity contribution in [2.75, 3.05) is 19.0 Å². The molecule has 21 heavy (non-hydrogen) atoms. The minimum atomic E-state index is 0.324. The van der Waals surface area contributed by atoms with Gasteiger partial charge in [0.25, 0.3) is 0 Å². The highest BCUT2D eigenvalue weighted by Gasteiger charge is 2.52. The quantitative estimate of drug-likeness (QED) is 0.891. The second-order valence-electron chi connectivity index (χ2n) is 7.74. The molecular formula is C17H26N2OS. The first-order chi connectivity index (χ1) is 10.2. The molecule has 4 aliphatic carbocycles. The third-order valence-electron chi connectivity index (χ3n) is 5.87. The molecule has 0 aromatic carbocycles. The molecule has 4 aliphatic rings. The predicted octanol–water partition coefficient (Wildman–Crippen LogP) is 4.06. The van der Waals surface area contributed by atoms with Crippen molar-refractivity contribution in [3.05, 3.63) is 11.1 Å². The molecule has 0 amide bonds. The van der Waals surface area contributed by atoms with Gasteiger partial charge < -0.3 is 10.1 Å². The lowest BCUT2D eigenvalue weighted by Gasteiger charge is -2.56. The van der Waals surface area contributed by atoms with Crippen molar-refractivity contribution in [1.82, 2.24) is 4.98 Å². The highest BCUT2D eigenvalue weighted by molar-refractivity contribution is 7.13. The summed E-state index contributed by atoms with van der Waals surface area (Å²) in [6.07, 6.45) is 8.69. The molecule has 1 aromatic heterocycles. The van der Waals surface area contributed by atoms with Crippen molar-refractivity contribution in [2.45, 2.75) is 56.9 Å². The van der Waals surface area contributed by atoms with Crippen molar-refractivity contribution in [1.29, 1.82) is 0 Å². The van der Waals surface area contributed by atoms with Gasteiger partial charge in [0.15, 0.2) is 5.13 Å². The summed E-state index contributed by atoms with van der Waals surface area (Å²) in [5, 5.41) is 6.88. The maximum absolute atomic E-state index is 5.20. The smallest absolute Gasteiger partial charge is 0.183 e. The van der Waals surface area contributed by atoms with E-state index in [-0.39, 0.29) is 0 Å². The maximum atomic E-state index is 5.20. The highest BCUT2D eigenvalue weighted by atomic mass is 32.1. The zero-order chi connectivity index (χ0) is 14.4. The van der Waals surface area contributed by atoms with E-state index >= 15 is 0 Å². The summed E-state index contributed by atoms with van der Waals surface area (Å²) in [6.45, 7) is 2.88. The number of methoxy groups -OCH3 is 1. The van der Waals surface area contributed by atoms with Gasteiger partial charge in [-0.3, -0.25) is 0 Å². The molecule has 0 spiro atoms. The van der Waals surface area contributed by atoms with E-state index in [2.05, 4.69) is 17.6 Å². The Hall–Kier alpha value is -0.610. The molecule has 0 aliphatic heterocycles. The number of thiazole rings is 1. The van der Waals surface area contributed by atoms with E-state index in [9.17, 15) is 0 Å². The summed E-state index contributed by atoms with van der Waals surface area (Å²) in [7, 11) is 1.75. The Morgan fingerprint density at radius 3 is 2.48 bits per heavy atom. The number of rotatable bonds is 5. The Morgan fingerprint density at radius 1 is 1.29 bits per heavy atom. The maximum Gasteiger partial charge on any atom is 0.183 e. The van der Waals surface area contributed by atoms with Crippen LogP contribution in [0, 0.1) is 17.8 Å². The second kappa shape index (κ2) is 5.24. The van der Waals surface area contributed by atoms with E-state index in [4.69, 9.17) is 9.72 Å². The van der Waals surface area contributed by atoms with E-state index in [1.54, 1.807) is 18.4 Å². The zero-order valence-electron chi connectivity index (χ0n) is 13.1. The molecule has 1 heterocycles. The molecule has 4 bridgehead atoms. The van der Waals surface area contributed by atoms with E-state index in [0.29, 0.717) is 11.5 Å². The summed E-state index contributed by atoms with van der Waals surface area (Å²) in [4.78, 5) is 4.97. The predicted molar refractivity (Wildman–Crippen MR) is 86.9 cm³/mol. The molecule has 1 N–H and O–H groups in total. The topological polar surface area (TPSA) is 34.1 Å². The first-order valence-corrected chi connectivity index (χ1v) is 9.26. The molecule has 4 saturated carbocycles. The number of hydrogen-bond acceptors (Lipinski definition) is 4. The van der Waals surface area contributed by atoms with Gasteiger partial charge >= 0.3 is 0 Å². The fourth-order valence-electron chi connectivity index (χ4n) is 5.51. The van der Waals surface area contributed by atoms with Gasteiger partial charge in [-0.25, -0.2) is 4.98 Å². The SMILES string of the molecule is COCC(C)Nc1nc(C23CC4CC(CC(C4)C2)C3)cs1. The lowest BCUT2D eigenvalue weighted by molar-refractivity contribution is -0.00688. The Bertz CT molecular complexity index is 477. The van der Waals surface area contributed by atoms with Crippen molar-refractivity contribution >= 4 is 16.5 Å². The van der Waals surface area contributed by atoms with Crippen LogP contribution in [0.15, 0.2) is 5.38 Å². The Morgan fingerprint density at radius 2 is 1.90 bits per heavy atom. The third kappa shape index (κ3) is 2.50. The number of aromatic nitrogens is 1. The highest BCUT2D eigenvalue weighted by Crippen LogP contribution is 2.60. The van der Waals surface area contributed by atoms with Gasteiger partial charge in [0.2, 0.25) is 0 Å². The molecule has 4 heteroatoms. The van der Waals surface area contributed by atoms with Crippen LogP contribution in [0.25, 0.3) is 0 Å². The minimum Gasteiger partial charge on any atom is -0.383 e. The lowest BCUT2D eigenvalue weighted by atomic mass is 9.49. The number of ether oxygens (including phenoxy) is 1. The van der Waals surface area contributed by atoms with Crippen LogP contribution in [-0.2, 0) is 10.2 Å². The standard InChI is InChI=1S/C17H26N2OS/c1-11(9-20-2)18-16-19-15(10-21-16)17-6-12-3-13(7-17)5-14(4-12)8-17/h10-14H,3-9H2,1-2H3,(H,18,19). The van der Waals surface area contributed by atoms with Crippen LogP contribution in [-0.4, -0.2) is 24.7 Å². The summed E-state index contributed by atoms with van der Waals surface area (Å²) < 4.78 is 5.20. The molecule has 1 atom stereocenters. The van der Waals surface area contributed by atoms with Crippen LogP contribution in [0.3, 0.4) is 0 Å². The largest absolute Gasteiger partial charge is 0.383 e. The van der Waals surface area contributed by atoms with E-state index in [1.807, 2.05) is 0 Å². The van der Waals surface area contributed by atoms with Gasteiger partial charge in [0.1, 0.15) is 0 Å². The third-order valence-corrected chi connectivity index (χ3v) is 6.65. The van der Waals surface area contributed by atoms with Crippen LogP contribution in [0.5, 0.6) is 0 Å². The van der Waals surface area contributed by atoms with Crippen molar-refractivity contribution < 1.29 is 4.74 Å². The van der Waals surface area contributed by atoms with Gasteiger partial charge in [-0.05, 0) is 63.2 Å². The van der Waals surface area contributed by atoms with E-state index in [1.165, 1.54) is 44.2 Å². The Balaban J connectivity index is 1.53. The molecule has 116 valence electrons. The van der Waals surface area contributed by atoms with Gasteiger partial charge in [-0.15, -0.1) is 11.3 Å². The van der Waals surface area contributed by atoms with Crippen molar-refractivity contribution in [3.63, 3.8) is 0 Å². The summed E-state index contributed by atoms with van der Waals surface area (Å²) in [5.41, 5.74) is 1.81. The van der Waals surface area contributed by atoms with Gasteiger partial charge in [0, 0.05) is 23.9 Å². The first-order valence-electron chi connectivity index (χ1n) is 8.38. The second-order valence-corrected chi connectivity index (χ2v) is 8.59. The normalized spacial score (nSPS) is 38.7. The van der Waals surface area contributed by atoms with Crippen LogP contribution in [0.4, 0.5) is 5.13 Å². The van der Waals surface area contributed by atoms with Gasteiger partial charge in [0.05, 0.1) is 12.3 Å². The molecular weight excluding hydrogens is 280 g/mol. The van der Waals surface area contributed by atoms with E-state index in [0.717, 1.165) is 29.5 Å². The average Bonchev–Trinajstić information content (AvgIpc) is 2.86. The number of nitrogens with one attached hydrogen (secondary N) is 1. The molecule has 3 nitrogen and oxygen atoms in total. The number of nitrogens with zero attached hydrogens (tertiary/aromatic N) is 1. The average molecular weight is 306 g/mol. The molecule has 0 radical (unpaired) electrons. The molecule has 1 unspecified atom stereocenters. The molecule has 5 rings (SSSR count). The van der Waals surface area contributed by atoms with Crippen LogP contribution >= 0.6 is 11.3 Å². The lowest BCUT2D eigenvalue weighted by Crippen LogP contribution is -2.48. The number of anilines is 1. The van der Waals surface area contributed by atoms with Gasteiger partial charge in [-0.2, -0.15) is 0 Å². The summed E-state index contributed by atoms with van der Waals surface area (Å²) in [5.74, 6) is 2.96. The molecule has 4 fully saturated rings. The van der Waals surface area contributed by atoms with Crippen LogP contribution in [0.2, 0.25) is 0 Å². The van der Waals surface area contributed by atoms with E-state index < -0.39 is 0 Å². The fraction of sp³-hybridized carbons (Fsp3) is 0.824. The molecule has 1 aromatic rings.